The lowest BCUT2D eigenvalue weighted by molar-refractivity contribution is -0.135. The van der Waals surface area contributed by atoms with Crippen LogP contribution in [0.3, 0.4) is 0 Å². The van der Waals surface area contributed by atoms with Gasteiger partial charge >= 0.3 is 0 Å². The average molecular weight is 274 g/mol. The molecule has 1 N–H and O–H groups in total. The zero-order valence-corrected chi connectivity index (χ0v) is 11.5. The number of methoxy groups -OCH3 is 1. The second-order valence-corrected chi connectivity index (χ2v) is 5.40. The summed E-state index contributed by atoms with van der Waals surface area (Å²) < 4.78 is 5.31. The van der Waals surface area contributed by atoms with E-state index in [1.807, 2.05) is 18.2 Å². The maximum atomic E-state index is 12.8. The van der Waals surface area contributed by atoms with Crippen LogP contribution in [0.1, 0.15) is 25.7 Å². The molecule has 0 radical (unpaired) electrons. The summed E-state index contributed by atoms with van der Waals surface area (Å²) >= 11 is 0. The molecule has 1 aromatic carbocycles. The first kappa shape index (κ1) is 13.0. The van der Waals surface area contributed by atoms with Crippen molar-refractivity contribution in [2.75, 3.05) is 18.6 Å². The van der Waals surface area contributed by atoms with Crippen LogP contribution in [-0.4, -0.2) is 31.0 Å². The second-order valence-electron chi connectivity index (χ2n) is 5.40. The van der Waals surface area contributed by atoms with Gasteiger partial charge in [-0.3, -0.25) is 14.5 Å². The van der Waals surface area contributed by atoms with Gasteiger partial charge in [0.15, 0.2) is 0 Å². The first-order chi connectivity index (χ1) is 9.66. The van der Waals surface area contributed by atoms with E-state index in [0.29, 0.717) is 11.4 Å². The van der Waals surface area contributed by atoms with E-state index in [-0.39, 0.29) is 18.4 Å². The molecule has 5 nitrogen and oxygen atoms in total. The van der Waals surface area contributed by atoms with Crippen LogP contribution in [0.15, 0.2) is 24.3 Å². The molecule has 1 aliphatic heterocycles. The zero-order chi connectivity index (χ0) is 14.2. The number of para-hydroxylation sites is 2. The van der Waals surface area contributed by atoms with E-state index in [2.05, 4.69) is 5.32 Å². The molecule has 0 atom stereocenters. The van der Waals surface area contributed by atoms with E-state index in [0.717, 1.165) is 25.7 Å². The Hall–Kier alpha value is -2.04. The highest BCUT2D eigenvalue weighted by atomic mass is 16.5. The Bertz CT molecular complexity index is 550. The summed E-state index contributed by atoms with van der Waals surface area (Å²) in [4.78, 5) is 26.4. The van der Waals surface area contributed by atoms with Gasteiger partial charge in [0.05, 0.1) is 12.8 Å². The van der Waals surface area contributed by atoms with E-state index in [9.17, 15) is 9.59 Å². The predicted molar refractivity (Wildman–Crippen MR) is 74.7 cm³/mol. The van der Waals surface area contributed by atoms with Gasteiger partial charge in [0.2, 0.25) is 5.91 Å². The van der Waals surface area contributed by atoms with Crippen LogP contribution >= 0.6 is 0 Å². The van der Waals surface area contributed by atoms with Gasteiger partial charge in [-0.05, 0) is 25.0 Å². The fourth-order valence-electron chi connectivity index (χ4n) is 3.20. The van der Waals surface area contributed by atoms with Crippen LogP contribution in [0.4, 0.5) is 5.69 Å². The number of carbonyl (C=O) groups is 2. The number of ether oxygens (including phenoxy) is 1. The van der Waals surface area contributed by atoms with Gasteiger partial charge in [0, 0.05) is 0 Å². The molecule has 0 unspecified atom stereocenters. The fourth-order valence-corrected chi connectivity index (χ4v) is 3.20. The second kappa shape index (κ2) is 4.81. The Morgan fingerprint density at radius 3 is 2.60 bits per heavy atom. The van der Waals surface area contributed by atoms with Gasteiger partial charge in [-0.25, -0.2) is 0 Å². The molecule has 0 bridgehead atoms. The lowest BCUT2D eigenvalue weighted by Crippen LogP contribution is -2.65. The van der Waals surface area contributed by atoms with Gasteiger partial charge in [0.1, 0.15) is 17.8 Å². The average Bonchev–Trinajstić information content (AvgIpc) is 2.92. The molecule has 1 aromatic rings. The van der Waals surface area contributed by atoms with Gasteiger partial charge in [-0.2, -0.15) is 0 Å². The van der Waals surface area contributed by atoms with Gasteiger partial charge < -0.3 is 10.1 Å². The van der Waals surface area contributed by atoms with Gasteiger partial charge in [0.25, 0.3) is 5.91 Å². The van der Waals surface area contributed by atoms with Gasteiger partial charge in [-0.15, -0.1) is 0 Å². The van der Waals surface area contributed by atoms with Crippen LogP contribution in [0, 0.1) is 0 Å². The SMILES string of the molecule is COc1ccccc1N1CC(=O)NC2(CCCC2)C1=O. The number of hydrogen-bond donors (Lipinski definition) is 1. The van der Waals surface area contributed by atoms with Crippen molar-refractivity contribution in [1.29, 1.82) is 0 Å². The third-order valence-corrected chi connectivity index (χ3v) is 4.17. The minimum atomic E-state index is -0.698. The highest BCUT2D eigenvalue weighted by Gasteiger charge is 2.49. The van der Waals surface area contributed by atoms with Crippen molar-refractivity contribution in [3.8, 4) is 5.75 Å². The number of piperazine rings is 1. The molecule has 2 amide bonds. The third kappa shape index (κ3) is 1.94. The van der Waals surface area contributed by atoms with Crippen molar-refractivity contribution in [3.63, 3.8) is 0 Å². The van der Waals surface area contributed by atoms with Gasteiger partial charge in [-0.1, -0.05) is 25.0 Å². The molecule has 1 saturated carbocycles. The molecule has 106 valence electrons. The summed E-state index contributed by atoms with van der Waals surface area (Å²) in [5.41, 5.74) is -0.0305. The Kier molecular flexibility index (Phi) is 3.12. The molecule has 1 saturated heterocycles. The molecular formula is C15H18N2O3. The number of nitrogens with zero attached hydrogens (tertiary/aromatic N) is 1. The number of amides is 2. The smallest absolute Gasteiger partial charge is 0.253 e. The van der Waals surface area contributed by atoms with Crippen LogP contribution < -0.4 is 15.0 Å². The van der Waals surface area contributed by atoms with Crippen LogP contribution in [0.5, 0.6) is 5.75 Å². The van der Waals surface area contributed by atoms with E-state index in [4.69, 9.17) is 4.74 Å². The monoisotopic (exact) mass is 274 g/mol. The number of anilines is 1. The van der Waals surface area contributed by atoms with Crippen molar-refractivity contribution < 1.29 is 14.3 Å². The maximum absolute atomic E-state index is 12.8. The predicted octanol–water partition coefficient (Wildman–Crippen LogP) is 1.47. The number of hydrogen-bond acceptors (Lipinski definition) is 3. The van der Waals surface area contributed by atoms with E-state index >= 15 is 0 Å². The summed E-state index contributed by atoms with van der Waals surface area (Å²) in [6.45, 7) is 0.0565. The standard InChI is InChI=1S/C15H18N2O3/c1-20-12-7-3-2-6-11(12)17-10-13(18)16-15(14(17)19)8-4-5-9-15/h2-3,6-7H,4-5,8-10H2,1H3,(H,16,18). The third-order valence-electron chi connectivity index (χ3n) is 4.17. The van der Waals surface area contributed by atoms with E-state index in [1.165, 1.54) is 0 Å². The van der Waals surface area contributed by atoms with Crippen molar-refractivity contribution in [3.05, 3.63) is 24.3 Å². The molecule has 1 heterocycles. The maximum Gasteiger partial charge on any atom is 0.253 e. The highest BCUT2D eigenvalue weighted by molar-refractivity contribution is 6.10. The topological polar surface area (TPSA) is 58.6 Å². The van der Waals surface area contributed by atoms with Crippen molar-refractivity contribution in [2.45, 2.75) is 31.2 Å². The lowest BCUT2D eigenvalue weighted by Gasteiger charge is -2.40. The molecule has 3 rings (SSSR count). The minimum absolute atomic E-state index is 0.0147. The molecule has 0 aromatic heterocycles. The normalized spacial score (nSPS) is 21.1. The van der Waals surface area contributed by atoms with Crippen LogP contribution in [0.25, 0.3) is 0 Å². The first-order valence-corrected chi connectivity index (χ1v) is 6.92. The summed E-state index contributed by atoms with van der Waals surface area (Å²) in [5.74, 6) is 0.500. The summed E-state index contributed by atoms with van der Waals surface area (Å²) in [5, 5.41) is 2.91. The Balaban J connectivity index is 2.00. The van der Waals surface area contributed by atoms with Crippen molar-refractivity contribution >= 4 is 17.5 Å². The quantitative estimate of drug-likeness (QED) is 0.888. The summed E-state index contributed by atoms with van der Waals surface area (Å²) in [6, 6.07) is 7.32. The highest BCUT2D eigenvalue weighted by Crippen LogP contribution is 2.37. The molecule has 5 heteroatoms. The largest absolute Gasteiger partial charge is 0.495 e. The Morgan fingerprint density at radius 1 is 1.20 bits per heavy atom. The fraction of sp³-hybridized carbons (Fsp3) is 0.467. The molecular weight excluding hydrogens is 256 g/mol. The minimum Gasteiger partial charge on any atom is -0.495 e. The lowest BCUT2D eigenvalue weighted by atomic mass is 9.92. The molecule has 20 heavy (non-hydrogen) atoms. The molecule has 2 aliphatic rings. The van der Waals surface area contributed by atoms with Crippen LogP contribution in [-0.2, 0) is 9.59 Å². The molecule has 1 aliphatic carbocycles. The van der Waals surface area contributed by atoms with E-state index < -0.39 is 5.54 Å². The first-order valence-electron chi connectivity index (χ1n) is 6.92. The number of rotatable bonds is 2. The Morgan fingerprint density at radius 2 is 1.90 bits per heavy atom. The van der Waals surface area contributed by atoms with E-state index in [1.54, 1.807) is 18.1 Å². The molecule has 2 fully saturated rings. The Labute approximate surface area is 117 Å². The van der Waals surface area contributed by atoms with Crippen molar-refractivity contribution in [2.24, 2.45) is 0 Å². The summed E-state index contributed by atoms with van der Waals surface area (Å²) in [7, 11) is 1.57. The summed E-state index contributed by atoms with van der Waals surface area (Å²) in [6.07, 6.45) is 3.41. The zero-order valence-electron chi connectivity index (χ0n) is 11.5. The molecule has 1 spiro atoms. The van der Waals surface area contributed by atoms with Crippen LogP contribution in [0.2, 0.25) is 0 Å². The number of benzene rings is 1. The number of nitrogens with one attached hydrogen (secondary N) is 1. The number of carbonyl (C=O) groups excluding carboxylic acids is 2. The van der Waals surface area contributed by atoms with Crippen molar-refractivity contribution in [1.82, 2.24) is 5.32 Å².